The number of carbonyl (C=O) groups is 3. The average molecular weight is 675 g/mol. The fraction of sp³-hybridized carbons (Fsp3) is 0.0541. The van der Waals surface area contributed by atoms with E-state index in [2.05, 4.69) is 16.0 Å². The molecule has 12 heteroatoms. The number of rotatable bonds is 12. The molecule has 0 heterocycles. The minimum atomic E-state index is -0.718. The Hall–Kier alpha value is -6.40. The highest BCUT2D eigenvalue weighted by atomic mass is 32.2. The van der Waals surface area contributed by atoms with Crippen molar-refractivity contribution in [3.8, 4) is 11.5 Å². The number of carbonyl (C=O) groups excluding carboxylic acids is 3. The predicted octanol–water partition coefficient (Wildman–Crippen LogP) is 7.19. The van der Waals surface area contributed by atoms with Crippen LogP contribution in [0.15, 0.2) is 138 Å². The Kier molecular flexibility index (Phi) is 11.0. The summed E-state index contributed by atoms with van der Waals surface area (Å²) in [6.45, 7) is 0. The monoisotopic (exact) mass is 674 g/mol. The third-order valence-corrected chi connectivity index (χ3v) is 8.33. The Labute approximate surface area is 285 Å². The maximum Gasteiger partial charge on any atom is 0.272 e. The molecule has 246 valence electrons. The number of ether oxygens (including phenoxy) is 1. The topological polar surface area (TPSA) is 160 Å². The Morgan fingerprint density at radius 2 is 1.51 bits per heavy atom. The largest absolute Gasteiger partial charge is 0.508 e. The van der Waals surface area contributed by atoms with Crippen molar-refractivity contribution in [1.29, 1.82) is 0 Å². The fourth-order valence-electron chi connectivity index (χ4n) is 4.67. The summed E-state index contributed by atoms with van der Waals surface area (Å²) in [6, 6.07) is 34.4. The van der Waals surface area contributed by atoms with Crippen LogP contribution in [0.3, 0.4) is 0 Å². The molecule has 0 fully saturated rings. The number of thioether (sulfide) groups is 1. The van der Waals surface area contributed by atoms with Gasteiger partial charge in [-0.25, -0.2) is 0 Å². The molecule has 0 aromatic heterocycles. The zero-order valence-electron chi connectivity index (χ0n) is 26.0. The van der Waals surface area contributed by atoms with E-state index in [1.165, 1.54) is 61.3 Å². The summed E-state index contributed by atoms with van der Waals surface area (Å²) in [5.74, 6) is -1.23. The number of nitro groups is 1. The summed E-state index contributed by atoms with van der Waals surface area (Å²) in [6.07, 6.45) is 1.45. The number of phenols is 1. The third kappa shape index (κ3) is 9.11. The number of aromatic hydroxyl groups is 1. The van der Waals surface area contributed by atoms with Crippen molar-refractivity contribution in [3.63, 3.8) is 0 Å². The minimum absolute atomic E-state index is 0.0298. The summed E-state index contributed by atoms with van der Waals surface area (Å²) in [5, 5.41) is 28.6. The smallest absolute Gasteiger partial charge is 0.272 e. The SMILES string of the molecule is COc1cc(O)ccc1/C=C(/NC(=O)c1ccccc1)C(=O)Nc1cccc(SC(C(=O)Nc2ccc([N+](=O)[O-])cc2)c2ccccc2)c1. The quantitative estimate of drug-likeness (QED) is 0.0468. The van der Waals surface area contributed by atoms with Crippen LogP contribution in [0.1, 0.15) is 26.7 Å². The highest BCUT2D eigenvalue weighted by Crippen LogP contribution is 2.37. The van der Waals surface area contributed by atoms with Crippen LogP contribution in [0.2, 0.25) is 0 Å². The molecule has 0 spiro atoms. The van der Waals surface area contributed by atoms with Gasteiger partial charge in [0.05, 0.1) is 12.0 Å². The van der Waals surface area contributed by atoms with Crippen molar-refractivity contribution in [2.45, 2.75) is 10.1 Å². The Balaban J connectivity index is 1.39. The minimum Gasteiger partial charge on any atom is -0.508 e. The molecule has 11 nitrogen and oxygen atoms in total. The zero-order chi connectivity index (χ0) is 34.8. The summed E-state index contributed by atoms with van der Waals surface area (Å²) in [7, 11) is 1.42. The van der Waals surface area contributed by atoms with Crippen LogP contribution >= 0.6 is 11.8 Å². The van der Waals surface area contributed by atoms with Gasteiger partial charge in [0.2, 0.25) is 5.91 Å². The van der Waals surface area contributed by atoms with Crippen LogP contribution < -0.4 is 20.7 Å². The third-order valence-electron chi connectivity index (χ3n) is 7.08. The maximum absolute atomic E-state index is 13.7. The lowest BCUT2D eigenvalue weighted by Gasteiger charge is -2.18. The van der Waals surface area contributed by atoms with Gasteiger partial charge >= 0.3 is 0 Å². The number of benzene rings is 5. The summed E-state index contributed by atoms with van der Waals surface area (Å²) >= 11 is 1.25. The van der Waals surface area contributed by atoms with Crippen LogP contribution in [-0.2, 0) is 9.59 Å². The van der Waals surface area contributed by atoms with Gasteiger partial charge in [-0.2, -0.15) is 0 Å². The molecule has 0 saturated heterocycles. The number of non-ortho nitro benzene ring substituents is 1. The van der Waals surface area contributed by atoms with Crippen LogP contribution in [0.5, 0.6) is 11.5 Å². The van der Waals surface area contributed by atoms with E-state index in [9.17, 15) is 29.6 Å². The van der Waals surface area contributed by atoms with Crippen molar-refractivity contribution >= 4 is 52.6 Å². The average Bonchev–Trinajstić information content (AvgIpc) is 3.12. The highest BCUT2D eigenvalue weighted by Gasteiger charge is 2.23. The van der Waals surface area contributed by atoms with Gasteiger partial charge in [0.15, 0.2) is 0 Å². The lowest BCUT2D eigenvalue weighted by Crippen LogP contribution is -2.30. The molecule has 1 unspecified atom stereocenters. The number of methoxy groups -OCH3 is 1. The van der Waals surface area contributed by atoms with Gasteiger partial charge < -0.3 is 25.8 Å². The second-order valence-corrected chi connectivity index (χ2v) is 11.7. The number of hydrogen-bond acceptors (Lipinski definition) is 8. The van der Waals surface area contributed by atoms with E-state index in [1.54, 1.807) is 60.7 Å². The van der Waals surface area contributed by atoms with Gasteiger partial charge in [-0.05, 0) is 66.2 Å². The van der Waals surface area contributed by atoms with E-state index in [4.69, 9.17) is 4.74 Å². The molecule has 4 N–H and O–H groups in total. The van der Waals surface area contributed by atoms with Crippen LogP contribution in [0.4, 0.5) is 17.1 Å². The van der Waals surface area contributed by atoms with Crippen molar-refractivity contribution in [3.05, 3.63) is 160 Å². The molecule has 49 heavy (non-hydrogen) atoms. The normalized spacial score (nSPS) is 11.6. The Morgan fingerprint density at radius 1 is 0.816 bits per heavy atom. The van der Waals surface area contributed by atoms with Crippen LogP contribution in [-0.4, -0.2) is 34.9 Å². The molecule has 0 bridgehead atoms. The molecule has 5 rings (SSSR count). The molecule has 0 aliphatic heterocycles. The standard InChI is InChI=1S/C37H30N4O7S/c1-48-33-23-30(42)20-15-26(33)21-32(40-35(43)25-11-6-3-7-12-25)36(44)39-28-13-8-14-31(22-28)49-34(24-9-4-2-5-10-24)37(45)38-27-16-18-29(19-17-27)41(46)47/h2-23,34,42H,1H3,(H,38,45)(H,39,44)(H,40,43)/b32-21+. The van der Waals surface area contributed by atoms with Crippen LogP contribution in [0.25, 0.3) is 6.08 Å². The molecular formula is C37H30N4O7S. The number of amides is 3. The first kappa shape index (κ1) is 33.9. The molecule has 5 aromatic rings. The van der Waals surface area contributed by atoms with E-state index in [0.717, 1.165) is 5.56 Å². The lowest BCUT2D eigenvalue weighted by molar-refractivity contribution is -0.384. The zero-order valence-corrected chi connectivity index (χ0v) is 26.8. The van der Waals surface area contributed by atoms with Gasteiger partial charge in [-0.15, -0.1) is 11.8 Å². The van der Waals surface area contributed by atoms with Crippen LogP contribution in [0, 0.1) is 10.1 Å². The number of anilines is 2. The number of phenolic OH excluding ortho intramolecular Hbond substituents is 1. The van der Waals surface area contributed by atoms with E-state index >= 15 is 0 Å². The molecular weight excluding hydrogens is 644 g/mol. The van der Waals surface area contributed by atoms with Gasteiger partial charge in [0.1, 0.15) is 22.4 Å². The Morgan fingerprint density at radius 3 is 2.18 bits per heavy atom. The van der Waals surface area contributed by atoms with Gasteiger partial charge in [-0.1, -0.05) is 54.6 Å². The molecule has 1 atom stereocenters. The Bertz CT molecular complexity index is 2000. The van der Waals surface area contributed by atoms with Gasteiger partial charge in [0.25, 0.3) is 17.5 Å². The van der Waals surface area contributed by atoms with Gasteiger partial charge in [0, 0.05) is 45.6 Å². The number of nitro benzene ring substituents is 1. The summed E-state index contributed by atoms with van der Waals surface area (Å²) in [4.78, 5) is 51.5. The molecule has 0 aliphatic rings. The second kappa shape index (κ2) is 15.9. The number of nitrogens with one attached hydrogen (secondary N) is 3. The van der Waals surface area contributed by atoms with Crippen molar-refractivity contribution in [2.24, 2.45) is 0 Å². The summed E-state index contributed by atoms with van der Waals surface area (Å²) < 4.78 is 5.36. The van der Waals surface area contributed by atoms with Gasteiger partial charge in [-0.3, -0.25) is 24.5 Å². The van der Waals surface area contributed by atoms with E-state index in [-0.39, 0.29) is 28.8 Å². The van der Waals surface area contributed by atoms with Crippen molar-refractivity contribution < 1.29 is 29.2 Å². The van der Waals surface area contributed by atoms with Crippen molar-refractivity contribution in [2.75, 3.05) is 17.7 Å². The summed E-state index contributed by atoms with van der Waals surface area (Å²) in [5.41, 5.74) is 2.13. The van der Waals surface area contributed by atoms with E-state index in [0.29, 0.717) is 27.4 Å². The second-order valence-electron chi connectivity index (χ2n) is 10.5. The lowest BCUT2D eigenvalue weighted by atomic mass is 10.1. The first-order valence-electron chi connectivity index (χ1n) is 14.8. The van der Waals surface area contributed by atoms with E-state index < -0.39 is 22.0 Å². The highest BCUT2D eigenvalue weighted by molar-refractivity contribution is 8.00. The number of hydrogen-bond donors (Lipinski definition) is 4. The van der Waals surface area contributed by atoms with Crippen molar-refractivity contribution in [1.82, 2.24) is 5.32 Å². The maximum atomic E-state index is 13.7. The van der Waals surface area contributed by atoms with E-state index in [1.807, 2.05) is 30.3 Å². The molecule has 0 radical (unpaired) electrons. The fourth-order valence-corrected chi connectivity index (χ4v) is 5.76. The first-order chi connectivity index (χ1) is 23.7. The molecule has 3 amide bonds. The predicted molar refractivity (Wildman–Crippen MR) is 188 cm³/mol. The first-order valence-corrected chi connectivity index (χ1v) is 15.7. The number of nitrogens with zero attached hydrogens (tertiary/aromatic N) is 1. The molecule has 0 aliphatic carbocycles. The molecule has 5 aromatic carbocycles. The molecule has 0 saturated carbocycles.